The zero-order valence-electron chi connectivity index (χ0n) is 5.14. The molecule has 1 saturated carbocycles. The van der Waals surface area contributed by atoms with Crippen LogP contribution in [0, 0.1) is 0 Å². The summed E-state index contributed by atoms with van der Waals surface area (Å²) in [5.74, 6) is 0. The predicted octanol–water partition coefficient (Wildman–Crippen LogP) is 1.60. The van der Waals surface area contributed by atoms with Crippen molar-refractivity contribution in [2.75, 3.05) is 0 Å². The van der Waals surface area contributed by atoms with Crippen LogP contribution < -0.4 is 0 Å². The van der Waals surface area contributed by atoms with Crippen LogP contribution in [0.3, 0.4) is 0 Å². The molecule has 0 bridgehead atoms. The quantitative estimate of drug-likeness (QED) is 0.452. The van der Waals surface area contributed by atoms with Gasteiger partial charge < -0.3 is 5.11 Å². The molecule has 0 aliphatic heterocycles. The van der Waals surface area contributed by atoms with Crippen LogP contribution in [-0.4, -0.2) is 11.6 Å². The molecule has 1 fully saturated rings. The Morgan fingerprint density at radius 3 is 1.89 bits per heavy atom. The van der Waals surface area contributed by atoms with Gasteiger partial charge in [0, 0.05) is 0 Å². The van der Waals surface area contributed by atoms with Crippen LogP contribution in [0.15, 0.2) is 0 Å². The molecular weight excluding hydrogens is 168 g/mol. The van der Waals surface area contributed by atoms with Crippen molar-refractivity contribution in [3.63, 3.8) is 0 Å². The van der Waals surface area contributed by atoms with Gasteiger partial charge in [-0.25, -0.2) is 0 Å². The Morgan fingerprint density at radius 2 is 1.78 bits per heavy atom. The van der Waals surface area contributed by atoms with E-state index in [1.807, 2.05) is 0 Å². The SMILES string of the molecule is O=CO.[Cu][CH]1CCCC1. The molecule has 1 aliphatic rings. The first-order valence-corrected chi connectivity index (χ1v) is 3.53. The molecule has 0 radical (unpaired) electrons. The first-order valence-electron chi connectivity index (χ1n) is 2.98. The van der Waals surface area contributed by atoms with Crippen LogP contribution in [0.1, 0.15) is 25.7 Å². The fourth-order valence-electron chi connectivity index (χ4n) is 0.845. The summed E-state index contributed by atoms with van der Waals surface area (Å²) >= 11 is 5.14. The molecule has 58 valence electrons. The second-order valence-corrected chi connectivity index (χ2v) is 2.69. The molecule has 2 nitrogen and oxygen atoms in total. The number of hydrogen-bond donors (Lipinski definition) is 1. The van der Waals surface area contributed by atoms with Gasteiger partial charge in [0.15, 0.2) is 0 Å². The third-order valence-electron chi connectivity index (χ3n) is 1.24. The van der Waals surface area contributed by atoms with Gasteiger partial charge in [-0.3, -0.25) is 4.79 Å². The van der Waals surface area contributed by atoms with Gasteiger partial charge in [-0.1, -0.05) is 0 Å². The summed E-state index contributed by atoms with van der Waals surface area (Å²) in [5.41, 5.74) is 0. The van der Waals surface area contributed by atoms with Gasteiger partial charge in [0.05, 0.1) is 0 Å². The molecule has 0 saturated heterocycles. The van der Waals surface area contributed by atoms with Gasteiger partial charge in [0.25, 0.3) is 6.47 Å². The summed E-state index contributed by atoms with van der Waals surface area (Å²) in [6.07, 6.45) is 5.34. The van der Waals surface area contributed by atoms with E-state index >= 15 is 0 Å². The predicted molar refractivity (Wildman–Crippen MR) is 30.9 cm³/mol. The van der Waals surface area contributed by atoms with Crippen molar-refractivity contribution in [2.45, 2.75) is 30.5 Å². The van der Waals surface area contributed by atoms with Gasteiger partial charge >= 0.3 is 46.5 Å². The van der Waals surface area contributed by atoms with E-state index in [4.69, 9.17) is 25.9 Å². The fraction of sp³-hybridized carbons (Fsp3) is 0.833. The molecule has 0 heterocycles. The second kappa shape index (κ2) is 6.11. The van der Waals surface area contributed by atoms with Gasteiger partial charge in [-0.05, 0) is 0 Å². The van der Waals surface area contributed by atoms with Crippen LogP contribution in [0.4, 0.5) is 0 Å². The van der Waals surface area contributed by atoms with Crippen LogP contribution >= 0.6 is 0 Å². The van der Waals surface area contributed by atoms with Crippen molar-refractivity contribution in [3.8, 4) is 0 Å². The minimum atomic E-state index is -0.250. The molecule has 3 heteroatoms. The van der Waals surface area contributed by atoms with Crippen molar-refractivity contribution < 1.29 is 25.9 Å². The van der Waals surface area contributed by atoms with Crippen molar-refractivity contribution in [1.82, 2.24) is 0 Å². The average Bonchev–Trinajstić information content (AvgIpc) is 2.20. The molecule has 0 atom stereocenters. The van der Waals surface area contributed by atoms with Crippen LogP contribution in [0.2, 0.25) is 4.82 Å². The van der Waals surface area contributed by atoms with E-state index in [0.717, 1.165) is 0 Å². The summed E-state index contributed by atoms with van der Waals surface area (Å²) in [7, 11) is 0. The standard InChI is InChI=1S/C5H9.CH2O2.Cu/c1-2-4-5-3-1;2-1-3;/h1H,2-5H2;1H,(H,2,3);. The van der Waals surface area contributed by atoms with Crippen LogP contribution in [0.25, 0.3) is 0 Å². The van der Waals surface area contributed by atoms with Crippen LogP contribution in [0.5, 0.6) is 0 Å². The minimum absolute atomic E-state index is 0.250. The van der Waals surface area contributed by atoms with E-state index in [1.165, 1.54) is 25.7 Å². The van der Waals surface area contributed by atoms with Crippen molar-refractivity contribution in [2.24, 2.45) is 0 Å². The number of carboxylic acid groups (broad SMARTS) is 1. The Morgan fingerprint density at radius 1 is 1.44 bits per heavy atom. The summed E-state index contributed by atoms with van der Waals surface area (Å²) in [5, 5.41) is 6.89. The topological polar surface area (TPSA) is 37.3 Å². The second-order valence-electron chi connectivity index (χ2n) is 1.92. The van der Waals surface area contributed by atoms with Crippen molar-refractivity contribution >= 4 is 6.47 Å². The van der Waals surface area contributed by atoms with Gasteiger partial charge in [0.2, 0.25) is 0 Å². The Labute approximate surface area is 63.5 Å². The molecule has 0 aromatic heterocycles. The molecule has 9 heavy (non-hydrogen) atoms. The monoisotopic (exact) mass is 178 g/mol. The zero-order chi connectivity index (χ0) is 7.11. The third kappa shape index (κ3) is 5.87. The first-order chi connectivity index (χ1) is 4.31. The van der Waals surface area contributed by atoms with E-state index in [1.54, 1.807) is 0 Å². The summed E-state index contributed by atoms with van der Waals surface area (Å²) in [6, 6.07) is 0. The number of hydrogen-bond acceptors (Lipinski definition) is 1. The van der Waals surface area contributed by atoms with E-state index in [2.05, 4.69) is 0 Å². The summed E-state index contributed by atoms with van der Waals surface area (Å²) in [6.45, 7) is -0.250. The molecule has 0 aromatic carbocycles. The molecule has 1 N–H and O–H groups in total. The van der Waals surface area contributed by atoms with Crippen molar-refractivity contribution in [1.29, 1.82) is 0 Å². The Balaban J connectivity index is 0.000000187. The summed E-state index contributed by atoms with van der Waals surface area (Å²) in [4.78, 5) is 8.97. The number of carbonyl (C=O) groups is 1. The Hall–Kier alpha value is -0.0105. The van der Waals surface area contributed by atoms with E-state index < -0.39 is 0 Å². The first kappa shape index (κ1) is 8.99. The summed E-state index contributed by atoms with van der Waals surface area (Å²) < 4.78 is 0. The van der Waals surface area contributed by atoms with Gasteiger partial charge in [0.1, 0.15) is 0 Å². The zero-order valence-corrected chi connectivity index (χ0v) is 6.08. The molecule has 1 rings (SSSR count). The molecule has 0 spiro atoms. The van der Waals surface area contributed by atoms with E-state index in [-0.39, 0.29) is 6.47 Å². The maximum absolute atomic E-state index is 8.36. The fourth-order valence-corrected chi connectivity index (χ4v) is 1.23. The third-order valence-corrected chi connectivity index (χ3v) is 1.78. The molecule has 0 aromatic rings. The van der Waals surface area contributed by atoms with Gasteiger partial charge in [-0.15, -0.1) is 0 Å². The van der Waals surface area contributed by atoms with Crippen molar-refractivity contribution in [3.05, 3.63) is 0 Å². The Kier molecular flexibility index (Phi) is 6.11. The van der Waals surface area contributed by atoms with Crippen LogP contribution in [-0.2, 0) is 20.8 Å². The molecule has 1 aliphatic carbocycles. The average molecular weight is 179 g/mol. The molecule has 0 amide bonds. The maximum atomic E-state index is 8.36. The number of rotatable bonds is 0. The normalized spacial score (nSPS) is 18.4. The Bertz CT molecular complexity index is 69.5. The van der Waals surface area contributed by atoms with E-state index in [9.17, 15) is 0 Å². The van der Waals surface area contributed by atoms with E-state index in [0.29, 0.717) is 4.82 Å². The van der Waals surface area contributed by atoms with Gasteiger partial charge in [-0.2, -0.15) is 0 Å². The molecular formula is C6H11CuO2. The molecule has 0 unspecified atom stereocenters.